The van der Waals surface area contributed by atoms with Crippen LogP contribution in [0, 0.1) is 6.92 Å². The van der Waals surface area contributed by atoms with E-state index in [1.807, 2.05) is 6.92 Å². The molecule has 174 valence electrons. The number of carbonyl (C=O) groups excluding carboxylic acids is 1. The van der Waals surface area contributed by atoms with Crippen molar-refractivity contribution >= 4 is 31.6 Å². The molecule has 3 aromatic carbocycles. The van der Waals surface area contributed by atoms with Crippen LogP contribution in [0.3, 0.4) is 0 Å². The predicted molar refractivity (Wildman–Crippen MR) is 127 cm³/mol. The third-order valence-corrected chi connectivity index (χ3v) is 8.19. The van der Waals surface area contributed by atoms with Crippen LogP contribution in [-0.2, 0) is 26.6 Å². The van der Waals surface area contributed by atoms with E-state index in [4.69, 9.17) is 0 Å². The molecule has 0 saturated carbocycles. The lowest BCUT2D eigenvalue weighted by Crippen LogP contribution is -2.27. The zero-order valence-corrected chi connectivity index (χ0v) is 20.1. The summed E-state index contributed by atoms with van der Waals surface area (Å²) in [6.45, 7) is 1.85. The van der Waals surface area contributed by atoms with Crippen LogP contribution in [0.1, 0.15) is 21.5 Å². The van der Waals surface area contributed by atoms with Gasteiger partial charge in [0.2, 0.25) is 10.0 Å². The largest absolute Gasteiger partial charge is 0.348 e. The SMILES string of the molecule is Cc1ccc(S(=O)(=O)Nc2cccc(C(=O)NCc3ccccc3S(=O)(=O)N(C)C)c2)cc1. The Labute approximate surface area is 194 Å². The minimum absolute atomic E-state index is 0.0125. The van der Waals surface area contributed by atoms with Crippen LogP contribution in [0.15, 0.2) is 82.6 Å². The van der Waals surface area contributed by atoms with Gasteiger partial charge in [-0.25, -0.2) is 21.1 Å². The molecule has 10 heteroatoms. The fourth-order valence-corrected chi connectivity index (χ4v) is 5.20. The molecule has 0 fully saturated rings. The van der Waals surface area contributed by atoms with Gasteiger partial charge in [0, 0.05) is 31.9 Å². The normalized spacial score (nSPS) is 11.9. The maximum atomic E-state index is 12.7. The van der Waals surface area contributed by atoms with E-state index < -0.39 is 26.0 Å². The molecule has 0 aliphatic heterocycles. The number of hydrogen-bond donors (Lipinski definition) is 2. The lowest BCUT2D eigenvalue weighted by molar-refractivity contribution is 0.0950. The molecule has 3 aromatic rings. The Morgan fingerprint density at radius 1 is 0.879 bits per heavy atom. The number of amides is 1. The molecular formula is C23H25N3O5S2. The van der Waals surface area contributed by atoms with Gasteiger partial charge in [-0.1, -0.05) is 42.0 Å². The highest BCUT2D eigenvalue weighted by Gasteiger charge is 2.21. The number of nitrogens with one attached hydrogen (secondary N) is 2. The van der Waals surface area contributed by atoms with Crippen molar-refractivity contribution in [1.82, 2.24) is 9.62 Å². The Kier molecular flexibility index (Phi) is 7.21. The highest BCUT2D eigenvalue weighted by Crippen LogP contribution is 2.20. The number of nitrogens with zero attached hydrogens (tertiary/aromatic N) is 1. The van der Waals surface area contributed by atoms with Crippen molar-refractivity contribution in [2.45, 2.75) is 23.3 Å². The Bertz CT molecular complexity index is 1370. The van der Waals surface area contributed by atoms with Crippen molar-refractivity contribution in [3.63, 3.8) is 0 Å². The molecule has 0 saturated heterocycles. The van der Waals surface area contributed by atoms with Gasteiger partial charge in [0.05, 0.1) is 9.79 Å². The van der Waals surface area contributed by atoms with Gasteiger partial charge in [-0.3, -0.25) is 9.52 Å². The maximum Gasteiger partial charge on any atom is 0.261 e. The van der Waals surface area contributed by atoms with Crippen LogP contribution < -0.4 is 10.0 Å². The van der Waals surface area contributed by atoms with Gasteiger partial charge in [-0.2, -0.15) is 0 Å². The van der Waals surface area contributed by atoms with E-state index in [1.165, 1.54) is 38.4 Å². The van der Waals surface area contributed by atoms with Crippen LogP contribution >= 0.6 is 0 Å². The average molecular weight is 488 g/mol. The molecule has 0 atom stereocenters. The number of hydrogen-bond acceptors (Lipinski definition) is 5. The van der Waals surface area contributed by atoms with Gasteiger partial charge >= 0.3 is 0 Å². The van der Waals surface area contributed by atoms with Crippen LogP contribution in [0.25, 0.3) is 0 Å². The van der Waals surface area contributed by atoms with Gasteiger partial charge in [0.15, 0.2) is 0 Å². The molecule has 0 heterocycles. The number of aryl methyl sites for hydroxylation is 1. The third kappa shape index (κ3) is 5.78. The summed E-state index contributed by atoms with van der Waals surface area (Å²) in [4.78, 5) is 12.9. The van der Waals surface area contributed by atoms with Crippen molar-refractivity contribution in [1.29, 1.82) is 0 Å². The average Bonchev–Trinajstić information content (AvgIpc) is 2.77. The van der Waals surface area contributed by atoms with E-state index in [9.17, 15) is 21.6 Å². The molecule has 33 heavy (non-hydrogen) atoms. The van der Waals surface area contributed by atoms with Crippen molar-refractivity contribution in [2.24, 2.45) is 0 Å². The number of sulfonamides is 2. The molecule has 1 amide bonds. The Morgan fingerprint density at radius 3 is 2.21 bits per heavy atom. The first-order valence-electron chi connectivity index (χ1n) is 9.99. The zero-order chi connectivity index (χ0) is 24.2. The summed E-state index contributed by atoms with van der Waals surface area (Å²) in [5.74, 6) is -0.469. The molecule has 0 bridgehead atoms. The number of benzene rings is 3. The van der Waals surface area contributed by atoms with E-state index >= 15 is 0 Å². The second-order valence-electron chi connectivity index (χ2n) is 7.58. The standard InChI is InChI=1S/C23H25N3O5S2/c1-17-11-13-21(14-12-17)32(28,29)25-20-9-6-8-18(15-20)23(27)24-16-19-7-4-5-10-22(19)33(30,31)26(2)3/h4-15,25H,16H2,1-3H3,(H,24,27). The molecule has 0 radical (unpaired) electrons. The van der Waals surface area contributed by atoms with Gasteiger partial charge in [0.1, 0.15) is 0 Å². The fraction of sp³-hybridized carbons (Fsp3) is 0.174. The topological polar surface area (TPSA) is 113 Å². The second-order valence-corrected chi connectivity index (χ2v) is 11.4. The van der Waals surface area contributed by atoms with Crippen molar-refractivity contribution in [3.8, 4) is 0 Å². The first kappa shape index (κ1) is 24.4. The summed E-state index contributed by atoms with van der Waals surface area (Å²) in [5, 5.41) is 2.70. The molecule has 8 nitrogen and oxygen atoms in total. The van der Waals surface area contributed by atoms with Crippen LogP contribution in [0.2, 0.25) is 0 Å². The lowest BCUT2D eigenvalue weighted by Gasteiger charge is -2.15. The molecule has 2 N–H and O–H groups in total. The molecular weight excluding hydrogens is 462 g/mol. The minimum atomic E-state index is -3.81. The van der Waals surface area contributed by atoms with E-state index in [1.54, 1.807) is 48.5 Å². The fourth-order valence-electron chi connectivity index (χ4n) is 3.03. The summed E-state index contributed by atoms with van der Waals surface area (Å²) in [6, 6.07) is 18.9. The van der Waals surface area contributed by atoms with E-state index in [-0.39, 0.29) is 27.6 Å². The highest BCUT2D eigenvalue weighted by atomic mass is 32.2. The number of rotatable bonds is 8. The summed E-state index contributed by atoms with van der Waals surface area (Å²) in [7, 11) is -4.61. The second kappa shape index (κ2) is 9.74. The molecule has 0 unspecified atom stereocenters. The first-order chi connectivity index (χ1) is 15.5. The minimum Gasteiger partial charge on any atom is -0.348 e. The molecule has 3 rings (SSSR count). The summed E-state index contributed by atoms with van der Waals surface area (Å²) < 4.78 is 53.9. The van der Waals surface area contributed by atoms with E-state index in [2.05, 4.69) is 10.0 Å². The molecule has 0 spiro atoms. The molecule has 0 aliphatic rings. The van der Waals surface area contributed by atoms with Gasteiger partial charge in [0.25, 0.3) is 15.9 Å². The van der Waals surface area contributed by atoms with Crippen LogP contribution in [-0.4, -0.2) is 41.1 Å². The van der Waals surface area contributed by atoms with E-state index in [0.717, 1.165) is 9.87 Å². The lowest BCUT2D eigenvalue weighted by atomic mass is 10.1. The quantitative estimate of drug-likeness (QED) is 0.507. The van der Waals surface area contributed by atoms with Crippen molar-refractivity contribution < 1.29 is 21.6 Å². The smallest absolute Gasteiger partial charge is 0.261 e. The van der Waals surface area contributed by atoms with Gasteiger partial charge in [-0.05, 0) is 48.9 Å². The van der Waals surface area contributed by atoms with E-state index in [0.29, 0.717) is 5.56 Å². The third-order valence-electron chi connectivity index (χ3n) is 4.88. The monoisotopic (exact) mass is 487 g/mol. The van der Waals surface area contributed by atoms with Gasteiger partial charge < -0.3 is 5.32 Å². The first-order valence-corrected chi connectivity index (χ1v) is 12.9. The number of carbonyl (C=O) groups is 1. The van der Waals surface area contributed by atoms with Gasteiger partial charge in [-0.15, -0.1) is 0 Å². The van der Waals surface area contributed by atoms with Crippen LogP contribution in [0.4, 0.5) is 5.69 Å². The van der Waals surface area contributed by atoms with Crippen molar-refractivity contribution in [2.75, 3.05) is 18.8 Å². The van der Waals surface area contributed by atoms with Crippen LogP contribution in [0.5, 0.6) is 0 Å². The Morgan fingerprint density at radius 2 is 1.55 bits per heavy atom. The Balaban J connectivity index is 1.76. The maximum absolute atomic E-state index is 12.7. The summed E-state index contributed by atoms with van der Waals surface area (Å²) in [5.41, 5.74) is 1.84. The highest BCUT2D eigenvalue weighted by molar-refractivity contribution is 7.92. The Hall–Kier alpha value is -3.21. The molecule has 0 aliphatic carbocycles. The van der Waals surface area contributed by atoms with Crippen molar-refractivity contribution in [3.05, 3.63) is 89.5 Å². The zero-order valence-electron chi connectivity index (χ0n) is 18.4. The predicted octanol–water partition coefficient (Wildman–Crippen LogP) is 2.98. The molecule has 0 aromatic heterocycles. The number of anilines is 1. The summed E-state index contributed by atoms with van der Waals surface area (Å²) >= 11 is 0. The summed E-state index contributed by atoms with van der Waals surface area (Å²) in [6.07, 6.45) is 0.